The molecule has 0 saturated carbocycles. The van der Waals surface area contributed by atoms with Gasteiger partial charge in [0.05, 0.1) is 9.88 Å². The van der Waals surface area contributed by atoms with E-state index in [0.717, 1.165) is 15.4 Å². The van der Waals surface area contributed by atoms with Crippen LogP contribution in [0.5, 0.6) is 0 Å². The van der Waals surface area contributed by atoms with Crippen molar-refractivity contribution in [2.45, 2.75) is 11.9 Å². The first-order valence-electron chi connectivity index (χ1n) is 4.32. The lowest BCUT2D eigenvalue weighted by Gasteiger charge is -1.97. The van der Waals surface area contributed by atoms with E-state index in [1.165, 1.54) is 11.3 Å². The van der Waals surface area contributed by atoms with Gasteiger partial charge >= 0.3 is 0 Å². The van der Waals surface area contributed by atoms with E-state index in [9.17, 15) is 4.21 Å². The fourth-order valence-corrected chi connectivity index (χ4v) is 3.01. The van der Waals surface area contributed by atoms with Crippen LogP contribution < -0.4 is 0 Å². The highest BCUT2D eigenvalue weighted by atomic mass is 32.2. The van der Waals surface area contributed by atoms with Crippen molar-refractivity contribution in [3.8, 4) is 10.4 Å². The van der Waals surface area contributed by atoms with Gasteiger partial charge in [0.15, 0.2) is 5.03 Å². The molecule has 0 amide bonds. The van der Waals surface area contributed by atoms with E-state index in [4.69, 9.17) is 4.55 Å². The Balaban J connectivity index is 2.58. The van der Waals surface area contributed by atoms with Gasteiger partial charge in [0, 0.05) is 0 Å². The molecule has 0 saturated heterocycles. The smallest absolute Gasteiger partial charge is 0.207 e. The maximum atomic E-state index is 11.1. The summed E-state index contributed by atoms with van der Waals surface area (Å²) in [5.74, 6) is 0. The normalized spacial score (nSPS) is 12.7. The molecule has 1 aromatic heterocycles. The van der Waals surface area contributed by atoms with Crippen LogP contribution in [-0.2, 0) is 11.1 Å². The molecule has 15 heavy (non-hydrogen) atoms. The van der Waals surface area contributed by atoms with Crippen molar-refractivity contribution >= 4 is 22.4 Å². The van der Waals surface area contributed by atoms with E-state index in [2.05, 4.69) is 4.98 Å². The number of hydrogen-bond donors (Lipinski definition) is 1. The molecule has 5 heteroatoms. The Hall–Kier alpha value is -1.04. The molecule has 0 spiro atoms. The molecule has 1 N–H and O–H groups in total. The third-order valence-electron chi connectivity index (χ3n) is 1.90. The maximum Gasteiger partial charge on any atom is 0.207 e. The summed E-state index contributed by atoms with van der Waals surface area (Å²) in [7, 11) is 0. The second kappa shape index (κ2) is 4.22. The van der Waals surface area contributed by atoms with Crippen LogP contribution in [0.2, 0.25) is 0 Å². The van der Waals surface area contributed by atoms with E-state index in [1.54, 1.807) is 0 Å². The zero-order valence-corrected chi connectivity index (χ0v) is 9.64. The molecule has 0 aliphatic rings. The largest absolute Gasteiger partial charge is 0.301 e. The first-order chi connectivity index (χ1) is 7.18. The molecule has 2 aromatic rings. The molecule has 0 radical (unpaired) electrons. The second-order valence-corrected chi connectivity index (χ2v) is 5.07. The molecule has 2 rings (SSSR count). The third kappa shape index (κ3) is 2.14. The van der Waals surface area contributed by atoms with Crippen molar-refractivity contribution in [1.82, 2.24) is 4.98 Å². The molecule has 0 fully saturated rings. The first kappa shape index (κ1) is 10.5. The average molecular weight is 239 g/mol. The van der Waals surface area contributed by atoms with Crippen molar-refractivity contribution in [3.05, 3.63) is 35.3 Å². The van der Waals surface area contributed by atoms with Gasteiger partial charge in [-0.15, -0.1) is 11.3 Å². The van der Waals surface area contributed by atoms with Crippen LogP contribution in [0, 0.1) is 6.92 Å². The predicted octanol–water partition coefficient (Wildman–Crippen LogP) is 2.70. The molecule has 0 aliphatic heterocycles. The van der Waals surface area contributed by atoms with Crippen LogP contribution in [0.1, 0.15) is 5.01 Å². The second-order valence-electron chi connectivity index (χ2n) is 2.98. The molecule has 1 atom stereocenters. The fourth-order valence-electron chi connectivity index (χ4n) is 1.30. The van der Waals surface area contributed by atoms with E-state index in [1.807, 2.05) is 37.3 Å². The summed E-state index contributed by atoms with van der Waals surface area (Å²) in [4.78, 5) is 4.83. The number of thiazole rings is 1. The quantitative estimate of drug-likeness (QED) is 0.820. The van der Waals surface area contributed by atoms with Crippen molar-refractivity contribution in [3.63, 3.8) is 0 Å². The first-order valence-corrected chi connectivity index (χ1v) is 6.24. The summed E-state index contributed by atoms with van der Waals surface area (Å²) in [6, 6.07) is 9.52. The lowest BCUT2D eigenvalue weighted by atomic mass is 10.2. The Kier molecular flexibility index (Phi) is 2.95. The van der Waals surface area contributed by atoms with Crippen molar-refractivity contribution in [2.75, 3.05) is 0 Å². The van der Waals surface area contributed by atoms with Gasteiger partial charge in [0.25, 0.3) is 0 Å². The molecule has 0 bridgehead atoms. The molecular formula is C10H9NO2S2. The Bertz CT molecular complexity index is 493. The van der Waals surface area contributed by atoms with Crippen molar-refractivity contribution < 1.29 is 8.76 Å². The van der Waals surface area contributed by atoms with E-state index >= 15 is 0 Å². The highest BCUT2D eigenvalue weighted by Gasteiger charge is 2.15. The van der Waals surface area contributed by atoms with Crippen LogP contribution in [-0.4, -0.2) is 13.7 Å². The van der Waals surface area contributed by atoms with Gasteiger partial charge < -0.3 is 4.55 Å². The molecule has 3 nitrogen and oxygen atoms in total. The minimum absolute atomic E-state index is 0.253. The van der Waals surface area contributed by atoms with Gasteiger partial charge in [-0.2, -0.15) is 0 Å². The number of aryl methyl sites for hydroxylation is 1. The highest BCUT2D eigenvalue weighted by Crippen LogP contribution is 2.31. The van der Waals surface area contributed by atoms with E-state index in [0.29, 0.717) is 0 Å². The number of aromatic nitrogens is 1. The highest BCUT2D eigenvalue weighted by molar-refractivity contribution is 7.79. The average Bonchev–Trinajstić information content (AvgIpc) is 2.62. The van der Waals surface area contributed by atoms with Gasteiger partial charge in [-0.05, 0) is 12.5 Å². The molecule has 1 unspecified atom stereocenters. The van der Waals surface area contributed by atoms with Gasteiger partial charge in [-0.1, -0.05) is 30.3 Å². The summed E-state index contributed by atoms with van der Waals surface area (Å²) in [6.07, 6.45) is 0. The Morgan fingerprint density at radius 3 is 2.60 bits per heavy atom. The summed E-state index contributed by atoms with van der Waals surface area (Å²) in [6.45, 7) is 1.83. The Morgan fingerprint density at radius 2 is 2.00 bits per heavy atom. The van der Waals surface area contributed by atoms with Gasteiger partial charge in [0.1, 0.15) is 0 Å². The zero-order valence-electron chi connectivity index (χ0n) is 8.01. The number of benzene rings is 1. The van der Waals surface area contributed by atoms with Gasteiger partial charge in [-0.3, -0.25) is 0 Å². The van der Waals surface area contributed by atoms with Crippen LogP contribution in [0.4, 0.5) is 0 Å². The minimum Gasteiger partial charge on any atom is -0.301 e. The molecule has 0 aliphatic carbocycles. The van der Waals surface area contributed by atoms with Gasteiger partial charge in [-0.25, -0.2) is 9.19 Å². The third-order valence-corrected chi connectivity index (χ3v) is 3.68. The summed E-state index contributed by atoms with van der Waals surface area (Å²) >= 11 is -0.589. The van der Waals surface area contributed by atoms with Crippen molar-refractivity contribution in [1.29, 1.82) is 0 Å². The summed E-state index contributed by atoms with van der Waals surface area (Å²) < 4.78 is 20.2. The molecule has 1 aromatic carbocycles. The van der Waals surface area contributed by atoms with Crippen LogP contribution in [0.3, 0.4) is 0 Å². The number of hydrogen-bond acceptors (Lipinski definition) is 3. The van der Waals surface area contributed by atoms with E-state index < -0.39 is 11.1 Å². The lowest BCUT2D eigenvalue weighted by Crippen LogP contribution is -1.91. The topological polar surface area (TPSA) is 50.2 Å². The SMILES string of the molecule is Cc1nc(S(=O)O)c(-c2ccccc2)s1. The minimum atomic E-state index is -2.02. The van der Waals surface area contributed by atoms with E-state index in [-0.39, 0.29) is 5.03 Å². The molecule has 78 valence electrons. The predicted molar refractivity (Wildman–Crippen MR) is 61.3 cm³/mol. The molecule has 1 heterocycles. The maximum absolute atomic E-state index is 11.1. The standard InChI is InChI=1S/C10H9NO2S2/c1-7-11-10(15(12)13)9(14-7)8-5-3-2-4-6-8/h2-6H,1H3,(H,12,13). The van der Waals surface area contributed by atoms with Gasteiger partial charge in [0.2, 0.25) is 11.1 Å². The number of rotatable bonds is 2. The molecular weight excluding hydrogens is 230 g/mol. The number of nitrogens with zero attached hydrogens (tertiary/aromatic N) is 1. The van der Waals surface area contributed by atoms with Crippen LogP contribution in [0.15, 0.2) is 35.4 Å². The monoisotopic (exact) mass is 239 g/mol. The zero-order chi connectivity index (χ0) is 10.8. The van der Waals surface area contributed by atoms with Crippen LogP contribution >= 0.6 is 11.3 Å². The lowest BCUT2D eigenvalue weighted by molar-refractivity contribution is 0.561. The summed E-state index contributed by atoms with van der Waals surface area (Å²) in [5.41, 5.74) is 0.931. The van der Waals surface area contributed by atoms with Crippen LogP contribution in [0.25, 0.3) is 10.4 Å². The van der Waals surface area contributed by atoms with Crippen molar-refractivity contribution in [2.24, 2.45) is 0 Å². The summed E-state index contributed by atoms with van der Waals surface area (Å²) in [5, 5.41) is 1.05. The Labute approximate surface area is 94.1 Å². The Morgan fingerprint density at radius 1 is 1.33 bits per heavy atom. The fraction of sp³-hybridized carbons (Fsp3) is 0.100.